The first-order valence-corrected chi connectivity index (χ1v) is 13.5. The van der Waals surface area contributed by atoms with Gasteiger partial charge in [-0.15, -0.1) is 0 Å². The van der Waals surface area contributed by atoms with Gasteiger partial charge in [-0.05, 0) is 106 Å². The third kappa shape index (κ3) is 3.39. The molecule has 0 radical (unpaired) electrons. The molecule has 0 unspecified atom stereocenters. The second-order valence-corrected chi connectivity index (χ2v) is 13.4. The van der Waals surface area contributed by atoms with E-state index in [0.29, 0.717) is 17.8 Å². The molecule has 0 aromatic heterocycles. The average Bonchev–Trinajstić information content (AvgIpc) is 2.98. The Balaban J connectivity index is 1.74. The maximum absolute atomic E-state index is 13.1. The van der Waals surface area contributed by atoms with Gasteiger partial charge in [-0.3, -0.25) is 0 Å². The number of carbonyl (C=O) groups excluding carboxylic acids is 1. The number of rotatable bonds is 5. The van der Waals surface area contributed by atoms with Crippen LogP contribution in [0.3, 0.4) is 0 Å². The van der Waals surface area contributed by atoms with Crippen LogP contribution in [0.2, 0.25) is 0 Å². The smallest absolute Gasteiger partial charge is 0.133 e. The van der Waals surface area contributed by atoms with E-state index in [4.69, 9.17) is 0 Å². The summed E-state index contributed by atoms with van der Waals surface area (Å²) < 4.78 is 0. The maximum Gasteiger partial charge on any atom is 0.133 e. The van der Waals surface area contributed by atoms with Crippen LogP contribution in [-0.2, 0) is 4.79 Å². The molecule has 0 aromatic carbocycles. The highest BCUT2D eigenvalue weighted by molar-refractivity contribution is 5.71. The Hall–Kier alpha value is -0.930. The van der Waals surface area contributed by atoms with E-state index in [1.54, 1.807) is 0 Å². The molecule has 0 spiro atoms. The fourth-order valence-electron chi connectivity index (χ4n) is 9.44. The van der Waals surface area contributed by atoms with Crippen LogP contribution in [0.5, 0.6) is 0 Å². The standard InChI is InChI=1S/C30H48O3/c1-19(2)9-8-10-20(3)23-17-26(33)30(18-31)22-11-12-24-27(4,5)25(32)14-15-28(24,6)21(22)13-16-29(23,30)7/h9,18,20,23-26,32-33H,8,10-17H2,1-7H3/t20-,23-,24+,25+,26+,28-,29-,30-/m1/s1. The SMILES string of the molecule is CC(C)=CCC[C@@H](C)[C@H]1C[C@H](O)[C@@]2(C=O)C3=C(CC[C@]12C)[C@@]1(C)CC[C@H](O)C(C)(C)[C@@H]1CC3. The summed E-state index contributed by atoms with van der Waals surface area (Å²) in [4.78, 5) is 13.1. The molecule has 4 aliphatic rings. The molecule has 0 aliphatic heterocycles. The number of aldehydes is 1. The first-order chi connectivity index (χ1) is 15.4. The van der Waals surface area contributed by atoms with Gasteiger partial charge in [-0.25, -0.2) is 0 Å². The lowest BCUT2D eigenvalue weighted by molar-refractivity contribution is -0.131. The predicted octanol–water partition coefficient (Wildman–Crippen LogP) is 6.63. The summed E-state index contributed by atoms with van der Waals surface area (Å²) in [7, 11) is 0. The molecule has 0 saturated heterocycles. The Kier molecular flexibility index (Phi) is 6.35. The minimum atomic E-state index is -0.732. The van der Waals surface area contributed by atoms with E-state index in [2.05, 4.69) is 54.5 Å². The molecular weight excluding hydrogens is 408 g/mol. The summed E-state index contributed by atoms with van der Waals surface area (Å²) in [6.07, 6.45) is 11.4. The molecule has 2 fully saturated rings. The fourth-order valence-corrected chi connectivity index (χ4v) is 9.44. The third-order valence-corrected chi connectivity index (χ3v) is 11.4. The summed E-state index contributed by atoms with van der Waals surface area (Å²) in [6.45, 7) is 15.9. The first kappa shape index (κ1) is 25.2. The third-order valence-electron chi connectivity index (χ3n) is 11.4. The average molecular weight is 457 g/mol. The minimum absolute atomic E-state index is 0.0283. The largest absolute Gasteiger partial charge is 0.393 e. The van der Waals surface area contributed by atoms with E-state index >= 15 is 0 Å². The molecule has 0 heterocycles. The number of carbonyl (C=O) groups is 1. The van der Waals surface area contributed by atoms with Gasteiger partial charge in [0.1, 0.15) is 6.29 Å². The van der Waals surface area contributed by atoms with E-state index in [0.717, 1.165) is 57.8 Å². The van der Waals surface area contributed by atoms with Crippen LogP contribution in [0.25, 0.3) is 0 Å². The quantitative estimate of drug-likeness (QED) is 0.361. The van der Waals surface area contributed by atoms with Crippen molar-refractivity contribution >= 4 is 6.29 Å². The van der Waals surface area contributed by atoms with Gasteiger partial charge in [0.25, 0.3) is 0 Å². The molecule has 2 saturated carbocycles. The van der Waals surface area contributed by atoms with Crippen molar-refractivity contribution in [2.24, 2.45) is 39.4 Å². The van der Waals surface area contributed by atoms with Gasteiger partial charge >= 0.3 is 0 Å². The van der Waals surface area contributed by atoms with Crippen molar-refractivity contribution in [2.75, 3.05) is 0 Å². The van der Waals surface area contributed by atoms with Crippen molar-refractivity contribution in [3.05, 3.63) is 22.8 Å². The zero-order valence-corrected chi connectivity index (χ0v) is 22.2. The molecule has 186 valence electrons. The highest BCUT2D eigenvalue weighted by atomic mass is 16.3. The molecule has 4 aliphatic carbocycles. The van der Waals surface area contributed by atoms with Crippen LogP contribution in [0.1, 0.15) is 106 Å². The van der Waals surface area contributed by atoms with Gasteiger partial charge in [0.2, 0.25) is 0 Å². The molecule has 2 N–H and O–H groups in total. The number of hydrogen-bond donors (Lipinski definition) is 2. The fraction of sp³-hybridized carbons (Fsp3) is 0.833. The van der Waals surface area contributed by atoms with Gasteiger partial charge < -0.3 is 15.0 Å². The monoisotopic (exact) mass is 456 g/mol. The number of hydrogen-bond acceptors (Lipinski definition) is 3. The van der Waals surface area contributed by atoms with Crippen molar-refractivity contribution < 1.29 is 15.0 Å². The van der Waals surface area contributed by atoms with Crippen molar-refractivity contribution in [3.8, 4) is 0 Å². The Labute approximate surface area is 202 Å². The summed E-state index contributed by atoms with van der Waals surface area (Å²) >= 11 is 0. The van der Waals surface area contributed by atoms with Crippen molar-refractivity contribution in [2.45, 2.75) is 118 Å². The van der Waals surface area contributed by atoms with Crippen LogP contribution in [0, 0.1) is 39.4 Å². The Morgan fingerprint density at radius 3 is 2.36 bits per heavy atom. The van der Waals surface area contributed by atoms with E-state index < -0.39 is 11.5 Å². The summed E-state index contributed by atoms with van der Waals surface area (Å²) in [5, 5.41) is 22.4. The summed E-state index contributed by atoms with van der Waals surface area (Å²) in [5.41, 5.74) is 3.13. The van der Waals surface area contributed by atoms with E-state index in [1.165, 1.54) is 23.0 Å². The predicted molar refractivity (Wildman–Crippen MR) is 135 cm³/mol. The molecule has 3 nitrogen and oxygen atoms in total. The molecule has 0 amide bonds. The lowest BCUT2D eigenvalue weighted by Gasteiger charge is -2.61. The summed E-state index contributed by atoms with van der Waals surface area (Å²) in [6, 6.07) is 0. The maximum atomic E-state index is 13.1. The molecular formula is C30H48O3. The topological polar surface area (TPSA) is 57.5 Å². The Bertz CT molecular complexity index is 849. The number of aliphatic hydroxyl groups is 2. The highest BCUT2D eigenvalue weighted by Crippen LogP contribution is 2.72. The Morgan fingerprint density at radius 1 is 1.03 bits per heavy atom. The molecule has 8 atom stereocenters. The second-order valence-electron chi connectivity index (χ2n) is 13.4. The van der Waals surface area contributed by atoms with Gasteiger partial charge in [0.15, 0.2) is 0 Å². The lowest BCUT2D eigenvalue weighted by Crippen LogP contribution is -2.57. The van der Waals surface area contributed by atoms with E-state index in [9.17, 15) is 15.0 Å². The zero-order valence-electron chi connectivity index (χ0n) is 22.2. The highest BCUT2D eigenvalue weighted by Gasteiger charge is 2.68. The summed E-state index contributed by atoms with van der Waals surface area (Å²) in [5.74, 6) is 1.28. The number of aliphatic hydroxyl groups excluding tert-OH is 2. The number of allylic oxidation sites excluding steroid dienone is 3. The van der Waals surface area contributed by atoms with Crippen molar-refractivity contribution in [1.82, 2.24) is 0 Å². The van der Waals surface area contributed by atoms with Crippen LogP contribution < -0.4 is 0 Å². The molecule has 0 bridgehead atoms. The zero-order chi connectivity index (χ0) is 24.4. The van der Waals surface area contributed by atoms with E-state index in [-0.39, 0.29) is 22.3 Å². The van der Waals surface area contributed by atoms with Gasteiger partial charge in [0, 0.05) is 0 Å². The Morgan fingerprint density at radius 2 is 1.73 bits per heavy atom. The van der Waals surface area contributed by atoms with Gasteiger partial charge in [-0.1, -0.05) is 57.4 Å². The van der Waals surface area contributed by atoms with Gasteiger partial charge in [-0.2, -0.15) is 0 Å². The van der Waals surface area contributed by atoms with Crippen LogP contribution in [0.15, 0.2) is 22.8 Å². The second kappa shape index (κ2) is 8.33. The minimum Gasteiger partial charge on any atom is -0.393 e. The normalized spacial score (nSPS) is 45.0. The van der Waals surface area contributed by atoms with Crippen LogP contribution in [-0.4, -0.2) is 28.7 Å². The van der Waals surface area contributed by atoms with Crippen LogP contribution >= 0.6 is 0 Å². The molecule has 33 heavy (non-hydrogen) atoms. The molecule has 3 heteroatoms. The van der Waals surface area contributed by atoms with Crippen molar-refractivity contribution in [3.63, 3.8) is 0 Å². The molecule has 0 aromatic rings. The van der Waals surface area contributed by atoms with Crippen molar-refractivity contribution in [1.29, 1.82) is 0 Å². The van der Waals surface area contributed by atoms with Gasteiger partial charge in [0.05, 0.1) is 17.6 Å². The van der Waals surface area contributed by atoms with Crippen LogP contribution in [0.4, 0.5) is 0 Å². The number of fused-ring (bicyclic) bond motifs is 4. The lowest BCUT2D eigenvalue weighted by atomic mass is 9.43. The van der Waals surface area contributed by atoms with E-state index in [1.807, 2.05) is 0 Å². The molecule has 4 rings (SSSR count). The first-order valence-electron chi connectivity index (χ1n) is 13.5.